The first-order valence-electron chi connectivity index (χ1n) is 12.1. The fourth-order valence-corrected chi connectivity index (χ4v) is 5.00. The summed E-state index contributed by atoms with van der Waals surface area (Å²) in [5.41, 5.74) is 0.337. The molecule has 5 nitrogen and oxygen atoms in total. The lowest BCUT2D eigenvalue weighted by Crippen LogP contribution is -2.48. The van der Waals surface area contributed by atoms with Crippen LogP contribution in [0.3, 0.4) is 0 Å². The normalized spacial score (nSPS) is 20.3. The minimum absolute atomic E-state index is 0.268. The molecule has 33 heavy (non-hydrogen) atoms. The van der Waals surface area contributed by atoms with Crippen LogP contribution in [0.2, 0.25) is 5.02 Å². The molecule has 1 saturated carbocycles. The van der Waals surface area contributed by atoms with Crippen molar-refractivity contribution < 1.29 is 19.3 Å². The SMILES string of the molecule is COC1(COc2cccc(Cl)c2)CCN(Cc2ccc(OCC3(O)CCCCC3)cc2)CC1. The van der Waals surface area contributed by atoms with Gasteiger partial charge in [0.15, 0.2) is 0 Å². The summed E-state index contributed by atoms with van der Waals surface area (Å²) in [7, 11) is 1.78. The third kappa shape index (κ3) is 6.86. The van der Waals surface area contributed by atoms with Gasteiger partial charge in [-0.1, -0.05) is 49.1 Å². The zero-order valence-electron chi connectivity index (χ0n) is 19.6. The number of halogens is 1. The highest BCUT2D eigenvalue weighted by Gasteiger charge is 2.35. The van der Waals surface area contributed by atoms with E-state index in [0.717, 1.165) is 69.7 Å². The number of nitrogens with zero attached hydrogens (tertiary/aromatic N) is 1. The van der Waals surface area contributed by atoms with Gasteiger partial charge < -0.3 is 19.3 Å². The fourth-order valence-electron chi connectivity index (χ4n) is 4.82. The second-order valence-corrected chi connectivity index (χ2v) is 10.1. The van der Waals surface area contributed by atoms with Crippen molar-refractivity contribution in [1.82, 2.24) is 4.90 Å². The number of aliphatic hydroxyl groups is 1. The number of piperidine rings is 1. The summed E-state index contributed by atoms with van der Waals surface area (Å²) in [5, 5.41) is 11.3. The smallest absolute Gasteiger partial charge is 0.120 e. The molecule has 0 radical (unpaired) electrons. The second-order valence-electron chi connectivity index (χ2n) is 9.63. The van der Waals surface area contributed by atoms with Crippen LogP contribution in [-0.2, 0) is 11.3 Å². The van der Waals surface area contributed by atoms with Crippen LogP contribution in [0.25, 0.3) is 0 Å². The van der Waals surface area contributed by atoms with Crippen molar-refractivity contribution in [2.24, 2.45) is 0 Å². The molecule has 1 N–H and O–H groups in total. The van der Waals surface area contributed by atoms with E-state index in [1.54, 1.807) is 7.11 Å². The Kier molecular flexibility index (Phi) is 8.18. The van der Waals surface area contributed by atoms with Crippen molar-refractivity contribution in [3.05, 3.63) is 59.1 Å². The van der Waals surface area contributed by atoms with Gasteiger partial charge in [-0.15, -0.1) is 0 Å². The maximum Gasteiger partial charge on any atom is 0.120 e. The quantitative estimate of drug-likeness (QED) is 0.523. The minimum Gasteiger partial charge on any atom is -0.491 e. The molecule has 2 aliphatic rings. The van der Waals surface area contributed by atoms with E-state index in [4.69, 9.17) is 25.8 Å². The summed E-state index contributed by atoms with van der Waals surface area (Å²) in [6.45, 7) is 3.72. The highest BCUT2D eigenvalue weighted by Crippen LogP contribution is 2.30. The molecule has 0 amide bonds. The molecule has 0 unspecified atom stereocenters. The number of methoxy groups -OCH3 is 1. The third-order valence-electron chi connectivity index (χ3n) is 7.12. The predicted octanol–water partition coefficient (Wildman–Crippen LogP) is 5.47. The number of benzene rings is 2. The highest BCUT2D eigenvalue weighted by atomic mass is 35.5. The van der Waals surface area contributed by atoms with Crippen molar-refractivity contribution in [2.45, 2.75) is 62.7 Å². The van der Waals surface area contributed by atoms with E-state index < -0.39 is 5.60 Å². The van der Waals surface area contributed by atoms with Crippen LogP contribution in [0, 0.1) is 0 Å². The van der Waals surface area contributed by atoms with E-state index >= 15 is 0 Å². The fraction of sp³-hybridized carbons (Fsp3) is 0.556. The number of ether oxygens (including phenoxy) is 3. The number of likely N-dealkylation sites (tertiary alicyclic amines) is 1. The Hall–Kier alpha value is -1.79. The molecule has 0 bridgehead atoms. The topological polar surface area (TPSA) is 51.2 Å². The second kappa shape index (κ2) is 11.1. The van der Waals surface area contributed by atoms with Crippen LogP contribution in [0.1, 0.15) is 50.5 Å². The van der Waals surface area contributed by atoms with Crippen molar-refractivity contribution in [3.8, 4) is 11.5 Å². The molecule has 1 aliphatic heterocycles. The molecule has 1 aliphatic carbocycles. The maximum absolute atomic E-state index is 10.6. The molecule has 2 fully saturated rings. The monoisotopic (exact) mass is 473 g/mol. The number of hydrogen-bond donors (Lipinski definition) is 1. The van der Waals surface area contributed by atoms with Crippen molar-refractivity contribution in [3.63, 3.8) is 0 Å². The first-order chi connectivity index (χ1) is 16.0. The summed E-state index contributed by atoms with van der Waals surface area (Å²) in [5.74, 6) is 1.60. The highest BCUT2D eigenvalue weighted by molar-refractivity contribution is 6.30. The lowest BCUT2D eigenvalue weighted by molar-refractivity contribution is -0.0839. The van der Waals surface area contributed by atoms with E-state index in [9.17, 15) is 5.11 Å². The molecule has 180 valence electrons. The summed E-state index contributed by atoms with van der Waals surface area (Å²) >= 11 is 6.06. The molecule has 0 aromatic heterocycles. The molecule has 0 atom stereocenters. The van der Waals surface area contributed by atoms with Gasteiger partial charge >= 0.3 is 0 Å². The van der Waals surface area contributed by atoms with Crippen molar-refractivity contribution >= 4 is 11.6 Å². The predicted molar refractivity (Wildman–Crippen MR) is 131 cm³/mol. The van der Waals surface area contributed by atoms with Gasteiger partial charge in [0.25, 0.3) is 0 Å². The number of hydrogen-bond acceptors (Lipinski definition) is 5. The molecule has 2 aromatic carbocycles. The minimum atomic E-state index is -0.658. The largest absolute Gasteiger partial charge is 0.491 e. The van der Waals surface area contributed by atoms with E-state index in [0.29, 0.717) is 18.2 Å². The molecular weight excluding hydrogens is 438 g/mol. The molecule has 1 heterocycles. The lowest BCUT2D eigenvalue weighted by Gasteiger charge is -2.40. The Bertz CT molecular complexity index is 874. The van der Waals surface area contributed by atoms with Gasteiger partial charge in [0.05, 0.1) is 5.60 Å². The summed E-state index contributed by atoms with van der Waals surface area (Å²) in [4.78, 5) is 2.46. The van der Waals surface area contributed by atoms with Crippen molar-refractivity contribution in [2.75, 3.05) is 33.4 Å². The molecule has 4 rings (SSSR count). The first-order valence-corrected chi connectivity index (χ1v) is 12.5. The van der Waals surface area contributed by atoms with Gasteiger partial charge in [-0.3, -0.25) is 4.90 Å². The Morgan fingerprint density at radius 1 is 0.879 bits per heavy atom. The Balaban J connectivity index is 1.23. The summed E-state index contributed by atoms with van der Waals surface area (Å²) in [6, 6.07) is 15.8. The summed E-state index contributed by atoms with van der Waals surface area (Å²) in [6.07, 6.45) is 6.92. The van der Waals surface area contributed by atoms with Crippen LogP contribution < -0.4 is 9.47 Å². The third-order valence-corrected chi connectivity index (χ3v) is 7.35. The standard InChI is InChI=1S/C27H36ClNO4/c1-31-27(21-33-25-7-5-6-23(28)18-25)14-16-29(17-15-27)19-22-8-10-24(11-9-22)32-20-26(30)12-3-2-4-13-26/h5-11,18,30H,2-4,12-17,19-21H2,1H3. The molecule has 0 spiro atoms. The Morgan fingerprint density at radius 3 is 2.24 bits per heavy atom. The van der Waals surface area contributed by atoms with Gasteiger partial charge in [-0.2, -0.15) is 0 Å². The lowest BCUT2D eigenvalue weighted by atomic mass is 9.85. The van der Waals surface area contributed by atoms with E-state index in [2.05, 4.69) is 17.0 Å². The van der Waals surface area contributed by atoms with E-state index in [-0.39, 0.29) is 5.60 Å². The maximum atomic E-state index is 10.6. The molecule has 6 heteroatoms. The Labute approximate surface area is 202 Å². The van der Waals surface area contributed by atoms with Crippen LogP contribution in [0.15, 0.2) is 48.5 Å². The van der Waals surface area contributed by atoms with E-state index in [1.807, 2.05) is 36.4 Å². The average Bonchev–Trinajstić information content (AvgIpc) is 2.84. The Morgan fingerprint density at radius 2 is 1.58 bits per heavy atom. The zero-order chi connectivity index (χ0) is 23.2. The van der Waals surface area contributed by atoms with E-state index in [1.165, 1.54) is 12.0 Å². The average molecular weight is 474 g/mol. The first kappa shape index (κ1) is 24.3. The summed E-state index contributed by atoms with van der Waals surface area (Å²) < 4.78 is 17.8. The molecule has 1 saturated heterocycles. The van der Waals surface area contributed by atoms with Crippen LogP contribution in [0.4, 0.5) is 0 Å². The van der Waals surface area contributed by atoms with Gasteiger partial charge in [-0.05, 0) is 61.6 Å². The van der Waals surface area contributed by atoms with Gasteiger partial charge in [-0.25, -0.2) is 0 Å². The van der Waals surface area contributed by atoms with Gasteiger partial charge in [0.1, 0.15) is 30.3 Å². The molecule has 2 aromatic rings. The van der Waals surface area contributed by atoms with Crippen molar-refractivity contribution in [1.29, 1.82) is 0 Å². The van der Waals surface area contributed by atoms with Gasteiger partial charge in [0, 0.05) is 31.8 Å². The van der Waals surface area contributed by atoms with Crippen LogP contribution >= 0.6 is 11.6 Å². The van der Waals surface area contributed by atoms with Crippen LogP contribution in [0.5, 0.6) is 11.5 Å². The number of rotatable bonds is 9. The van der Waals surface area contributed by atoms with Crippen LogP contribution in [-0.4, -0.2) is 54.6 Å². The molecular formula is C27H36ClNO4. The van der Waals surface area contributed by atoms with Gasteiger partial charge in [0.2, 0.25) is 0 Å². The zero-order valence-corrected chi connectivity index (χ0v) is 20.4.